The maximum absolute atomic E-state index is 13.0. The summed E-state index contributed by atoms with van der Waals surface area (Å²) in [5, 5.41) is 0.586. The minimum atomic E-state index is -3.45. The molecule has 2 aliphatic rings. The van der Waals surface area contributed by atoms with Gasteiger partial charge in [0, 0.05) is 43.4 Å². The van der Waals surface area contributed by atoms with Crippen molar-refractivity contribution in [2.24, 2.45) is 5.92 Å². The Morgan fingerprint density at radius 2 is 1.58 bits per heavy atom. The Labute approximate surface area is 187 Å². The molecular formula is C22H24ClN3O4S. The average Bonchev–Trinajstić information content (AvgIpc) is 3.15. The molecule has 2 aromatic rings. The largest absolute Gasteiger partial charge is 0.339 e. The van der Waals surface area contributed by atoms with Crippen LogP contribution in [0.2, 0.25) is 5.02 Å². The monoisotopic (exact) mass is 461 g/mol. The van der Waals surface area contributed by atoms with Crippen LogP contribution in [0.4, 0.5) is 5.69 Å². The summed E-state index contributed by atoms with van der Waals surface area (Å²) in [6, 6.07) is 16.0. The number of sulfonamides is 1. The van der Waals surface area contributed by atoms with Crippen LogP contribution in [0.25, 0.3) is 0 Å². The molecule has 0 N–H and O–H groups in total. The van der Waals surface area contributed by atoms with Gasteiger partial charge in [-0.25, -0.2) is 8.42 Å². The summed E-state index contributed by atoms with van der Waals surface area (Å²) in [6.07, 6.45) is 0.451. The van der Waals surface area contributed by atoms with Crippen molar-refractivity contribution in [3.63, 3.8) is 0 Å². The fourth-order valence-electron chi connectivity index (χ4n) is 4.07. The lowest BCUT2D eigenvalue weighted by Gasteiger charge is -2.35. The summed E-state index contributed by atoms with van der Waals surface area (Å²) < 4.78 is 26.9. The number of halogens is 1. The third-order valence-electron chi connectivity index (χ3n) is 5.78. The van der Waals surface area contributed by atoms with Gasteiger partial charge >= 0.3 is 0 Å². The zero-order valence-electron chi connectivity index (χ0n) is 17.0. The molecule has 1 atom stereocenters. The van der Waals surface area contributed by atoms with Gasteiger partial charge in [0.15, 0.2) is 0 Å². The summed E-state index contributed by atoms with van der Waals surface area (Å²) >= 11 is 5.91. The maximum atomic E-state index is 13.0. The molecule has 9 heteroatoms. The summed E-state index contributed by atoms with van der Waals surface area (Å²) in [5.41, 5.74) is 1.46. The number of carbonyl (C=O) groups is 2. The molecule has 0 radical (unpaired) electrons. The Morgan fingerprint density at radius 3 is 2.23 bits per heavy atom. The molecule has 2 heterocycles. The molecule has 2 aliphatic heterocycles. The van der Waals surface area contributed by atoms with Gasteiger partial charge in [0.2, 0.25) is 21.8 Å². The average molecular weight is 462 g/mol. The Balaban J connectivity index is 1.35. The molecule has 2 saturated heterocycles. The van der Waals surface area contributed by atoms with Crippen molar-refractivity contribution in [3.05, 3.63) is 65.2 Å². The Morgan fingerprint density at radius 1 is 0.935 bits per heavy atom. The Kier molecular flexibility index (Phi) is 6.31. The molecule has 0 spiro atoms. The molecule has 2 aromatic carbocycles. The van der Waals surface area contributed by atoms with Gasteiger partial charge in [0.25, 0.3) is 0 Å². The van der Waals surface area contributed by atoms with Crippen LogP contribution in [0.3, 0.4) is 0 Å². The number of anilines is 1. The summed E-state index contributed by atoms with van der Waals surface area (Å²) in [7, 11) is -3.45. The number of carbonyl (C=O) groups excluding carboxylic acids is 2. The molecule has 0 bridgehead atoms. The second kappa shape index (κ2) is 8.98. The number of hydrogen-bond donors (Lipinski definition) is 0. The van der Waals surface area contributed by atoms with Crippen LogP contribution in [-0.2, 0) is 25.4 Å². The van der Waals surface area contributed by atoms with Gasteiger partial charge in [-0.3, -0.25) is 9.59 Å². The predicted molar refractivity (Wildman–Crippen MR) is 119 cm³/mol. The van der Waals surface area contributed by atoms with Gasteiger partial charge in [0.05, 0.1) is 5.75 Å². The molecule has 2 amide bonds. The molecular weight excluding hydrogens is 438 g/mol. The SMILES string of the molecule is O=C(C1CCN(c2ccc(Cl)cc2)C1=O)N1CCN(S(=O)(=O)Cc2ccccc2)CC1. The molecule has 7 nitrogen and oxygen atoms in total. The van der Waals surface area contributed by atoms with Gasteiger partial charge in [-0.2, -0.15) is 4.31 Å². The van der Waals surface area contributed by atoms with Crippen molar-refractivity contribution in [2.75, 3.05) is 37.6 Å². The van der Waals surface area contributed by atoms with E-state index in [1.54, 1.807) is 46.2 Å². The van der Waals surface area contributed by atoms with Crippen molar-refractivity contribution < 1.29 is 18.0 Å². The van der Waals surface area contributed by atoms with Crippen LogP contribution >= 0.6 is 11.6 Å². The second-order valence-electron chi connectivity index (χ2n) is 7.77. The fourth-order valence-corrected chi connectivity index (χ4v) is 5.71. The van der Waals surface area contributed by atoms with Crippen molar-refractivity contribution >= 4 is 39.1 Å². The normalized spacial score (nSPS) is 20.3. The van der Waals surface area contributed by atoms with Crippen molar-refractivity contribution in [3.8, 4) is 0 Å². The Hall–Kier alpha value is -2.42. The van der Waals surface area contributed by atoms with Crippen molar-refractivity contribution in [2.45, 2.75) is 12.2 Å². The van der Waals surface area contributed by atoms with Gasteiger partial charge in [-0.1, -0.05) is 41.9 Å². The highest BCUT2D eigenvalue weighted by molar-refractivity contribution is 7.88. The predicted octanol–water partition coefficient (Wildman–Crippen LogP) is 2.37. The highest BCUT2D eigenvalue weighted by Gasteiger charge is 2.41. The topological polar surface area (TPSA) is 78.0 Å². The van der Waals surface area contributed by atoms with Crippen LogP contribution in [0, 0.1) is 5.92 Å². The number of amides is 2. The highest BCUT2D eigenvalue weighted by Crippen LogP contribution is 2.28. The minimum absolute atomic E-state index is 0.0566. The van der Waals surface area contributed by atoms with E-state index in [4.69, 9.17) is 11.6 Å². The molecule has 1 unspecified atom stereocenters. The molecule has 0 aliphatic carbocycles. The van der Waals surface area contributed by atoms with Crippen molar-refractivity contribution in [1.82, 2.24) is 9.21 Å². The maximum Gasteiger partial charge on any atom is 0.239 e. The summed E-state index contributed by atoms with van der Waals surface area (Å²) in [6.45, 7) is 1.53. The molecule has 2 fully saturated rings. The van der Waals surface area contributed by atoms with Crippen LogP contribution in [-0.4, -0.2) is 62.2 Å². The molecule has 0 aromatic heterocycles. The van der Waals surface area contributed by atoms with Gasteiger partial charge < -0.3 is 9.80 Å². The van der Waals surface area contributed by atoms with Crippen LogP contribution in [0.1, 0.15) is 12.0 Å². The zero-order valence-corrected chi connectivity index (χ0v) is 18.6. The highest BCUT2D eigenvalue weighted by atomic mass is 35.5. The van der Waals surface area contributed by atoms with E-state index >= 15 is 0 Å². The van der Waals surface area contributed by atoms with E-state index in [0.717, 1.165) is 11.3 Å². The number of nitrogens with zero attached hydrogens (tertiary/aromatic N) is 3. The number of piperazine rings is 1. The summed E-state index contributed by atoms with van der Waals surface area (Å²) in [4.78, 5) is 29.0. The standard InChI is InChI=1S/C22H24ClN3O4S/c23-18-6-8-19(9-7-18)26-11-10-20(22(26)28)21(27)24-12-14-25(15-13-24)31(29,30)16-17-4-2-1-3-5-17/h1-9,20H,10-16H2. The van der Waals surface area contributed by atoms with E-state index in [9.17, 15) is 18.0 Å². The first kappa shape index (κ1) is 21.8. The number of hydrogen-bond acceptors (Lipinski definition) is 4. The zero-order chi connectivity index (χ0) is 22.0. The van der Waals surface area contributed by atoms with E-state index in [0.29, 0.717) is 18.0 Å². The quantitative estimate of drug-likeness (QED) is 0.640. The van der Waals surface area contributed by atoms with Gasteiger partial charge in [-0.15, -0.1) is 0 Å². The van der Waals surface area contributed by atoms with E-state index < -0.39 is 15.9 Å². The third kappa shape index (κ3) is 4.76. The first-order chi connectivity index (χ1) is 14.8. The number of rotatable bonds is 5. The van der Waals surface area contributed by atoms with Crippen LogP contribution in [0.5, 0.6) is 0 Å². The lowest BCUT2D eigenvalue weighted by Crippen LogP contribution is -2.52. The number of benzene rings is 2. The third-order valence-corrected chi connectivity index (χ3v) is 7.88. The summed E-state index contributed by atoms with van der Waals surface area (Å²) in [5.74, 6) is -1.21. The fraction of sp³-hybridized carbons (Fsp3) is 0.364. The molecule has 31 heavy (non-hydrogen) atoms. The Bertz CT molecular complexity index is 1050. The van der Waals surface area contributed by atoms with Crippen LogP contribution < -0.4 is 4.90 Å². The van der Waals surface area contributed by atoms with E-state index in [1.807, 2.05) is 18.2 Å². The molecule has 164 valence electrons. The molecule has 4 rings (SSSR count). The lowest BCUT2D eigenvalue weighted by atomic mass is 10.1. The van der Waals surface area contributed by atoms with Crippen LogP contribution in [0.15, 0.2) is 54.6 Å². The smallest absolute Gasteiger partial charge is 0.239 e. The first-order valence-corrected chi connectivity index (χ1v) is 12.2. The van der Waals surface area contributed by atoms with E-state index in [2.05, 4.69) is 0 Å². The second-order valence-corrected chi connectivity index (χ2v) is 10.2. The van der Waals surface area contributed by atoms with Crippen molar-refractivity contribution in [1.29, 1.82) is 0 Å². The van der Waals surface area contributed by atoms with Gasteiger partial charge in [-0.05, 0) is 36.2 Å². The van der Waals surface area contributed by atoms with Gasteiger partial charge in [0.1, 0.15) is 5.92 Å². The lowest BCUT2D eigenvalue weighted by molar-refractivity contribution is -0.140. The first-order valence-electron chi connectivity index (χ1n) is 10.2. The van der Waals surface area contributed by atoms with E-state index in [-0.39, 0.29) is 43.7 Å². The minimum Gasteiger partial charge on any atom is -0.339 e. The molecule has 0 saturated carbocycles. The van der Waals surface area contributed by atoms with E-state index in [1.165, 1.54) is 4.31 Å².